The molecule has 0 aromatic heterocycles. The van der Waals surface area contributed by atoms with Gasteiger partial charge in [-0.05, 0) is 62.9 Å². The number of ether oxygens (including phenoxy) is 1. The number of carbonyl (C=O) groups excluding carboxylic acids is 2. The zero-order valence-electron chi connectivity index (χ0n) is 22.2. The Bertz CT molecular complexity index is 1130. The minimum absolute atomic E-state index is 0.0576. The van der Waals surface area contributed by atoms with Crippen LogP contribution in [-0.4, -0.2) is 57.1 Å². The highest BCUT2D eigenvalue weighted by Gasteiger charge is 2.29. The number of hydrogen-bond acceptors (Lipinski definition) is 5. The Morgan fingerprint density at radius 3 is 2.36 bits per heavy atom. The molecule has 0 radical (unpaired) electrons. The lowest BCUT2D eigenvalue weighted by Crippen LogP contribution is -2.50. The van der Waals surface area contributed by atoms with Crippen LogP contribution in [0.3, 0.4) is 0 Å². The van der Waals surface area contributed by atoms with Gasteiger partial charge in [0.25, 0.3) is 0 Å². The average Bonchev–Trinajstić information content (AvgIpc) is 2.81. The van der Waals surface area contributed by atoms with Gasteiger partial charge < -0.3 is 15.0 Å². The van der Waals surface area contributed by atoms with E-state index in [1.54, 1.807) is 24.1 Å². The molecule has 0 heterocycles. The smallest absolute Gasteiger partial charge is 0.243 e. The number of nitrogens with one attached hydrogen (secondary N) is 1. The number of para-hydroxylation sites is 1. The summed E-state index contributed by atoms with van der Waals surface area (Å²) in [5.74, 6) is 0.254. The second kappa shape index (κ2) is 13.3. The van der Waals surface area contributed by atoms with Crippen LogP contribution in [0.4, 0.5) is 5.69 Å². The molecule has 8 nitrogen and oxygen atoms in total. The van der Waals surface area contributed by atoms with Gasteiger partial charge in [-0.15, -0.1) is 0 Å². The Morgan fingerprint density at radius 2 is 1.78 bits per heavy atom. The maximum atomic E-state index is 13.5. The number of carbonyl (C=O) groups is 2. The van der Waals surface area contributed by atoms with E-state index in [1.807, 2.05) is 64.1 Å². The molecular weight excluding hydrogens is 478 g/mol. The number of amides is 2. The van der Waals surface area contributed by atoms with E-state index in [2.05, 4.69) is 5.32 Å². The van der Waals surface area contributed by atoms with E-state index in [4.69, 9.17) is 4.74 Å². The standard InChI is InChI=1S/C27H39N3O5S/c1-7-24(27(32)28-20(2)3)29(19-22-13-10-14-23(18-22)35-5)26(31)16-11-17-30(36(6,33)34)25-15-9-8-12-21(25)4/h8-10,12-15,18,20,24H,7,11,16-17,19H2,1-6H3,(H,28,32)/t24-/m1/s1. The average molecular weight is 518 g/mol. The molecule has 36 heavy (non-hydrogen) atoms. The molecule has 0 saturated heterocycles. The summed E-state index contributed by atoms with van der Waals surface area (Å²) in [5.41, 5.74) is 2.28. The molecule has 0 spiro atoms. The van der Waals surface area contributed by atoms with Crippen LogP contribution in [0.5, 0.6) is 5.75 Å². The molecule has 0 saturated carbocycles. The van der Waals surface area contributed by atoms with E-state index in [0.29, 0.717) is 24.3 Å². The predicted molar refractivity (Wildman–Crippen MR) is 144 cm³/mol. The number of benzene rings is 2. The molecule has 0 fully saturated rings. The monoisotopic (exact) mass is 517 g/mol. The molecule has 9 heteroatoms. The number of methoxy groups -OCH3 is 1. The van der Waals surface area contributed by atoms with E-state index >= 15 is 0 Å². The molecule has 0 bridgehead atoms. The summed E-state index contributed by atoms with van der Waals surface area (Å²) in [6, 6.07) is 14.0. The second-order valence-electron chi connectivity index (χ2n) is 9.19. The van der Waals surface area contributed by atoms with E-state index in [9.17, 15) is 18.0 Å². The Balaban J connectivity index is 2.25. The summed E-state index contributed by atoms with van der Waals surface area (Å²) in [6.45, 7) is 7.90. The van der Waals surface area contributed by atoms with Crippen LogP contribution in [0.2, 0.25) is 0 Å². The van der Waals surface area contributed by atoms with Gasteiger partial charge >= 0.3 is 0 Å². The Hall–Kier alpha value is -3.07. The molecule has 1 atom stereocenters. The first kappa shape index (κ1) is 29.2. The van der Waals surface area contributed by atoms with Gasteiger partial charge in [0.1, 0.15) is 11.8 Å². The molecule has 0 aliphatic carbocycles. The highest BCUT2D eigenvalue weighted by atomic mass is 32.2. The SMILES string of the molecule is CC[C@H](C(=O)NC(C)C)N(Cc1cccc(OC)c1)C(=O)CCCN(c1ccccc1C)S(C)(=O)=O. The van der Waals surface area contributed by atoms with Gasteiger partial charge in [0.2, 0.25) is 21.8 Å². The topological polar surface area (TPSA) is 96.0 Å². The summed E-state index contributed by atoms with van der Waals surface area (Å²) in [5, 5.41) is 2.91. The van der Waals surface area contributed by atoms with Gasteiger partial charge in [-0.1, -0.05) is 37.3 Å². The minimum Gasteiger partial charge on any atom is -0.497 e. The zero-order valence-corrected chi connectivity index (χ0v) is 23.0. The van der Waals surface area contributed by atoms with Gasteiger partial charge in [0.05, 0.1) is 19.1 Å². The molecule has 2 rings (SSSR count). The lowest BCUT2D eigenvalue weighted by atomic mass is 10.1. The normalized spacial score (nSPS) is 12.2. The van der Waals surface area contributed by atoms with Gasteiger partial charge in [0.15, 0.2) is 0 Å². The van der Waals surface area contributed by atoms with Crippen molar-refractivity contribution >= 4 is 27.5 Å². The van der Waals surface area contributed by atoms with E-state index in [0.717, 1.165) is 11.1 Å². The first-order valence-corrected chi connectivity index (χ1v) is 14.1. The van der Waals surface area contributed by atoms with Crippen molar-refractivity contribution in [3.63, 3.8) is 0 Å². The first-order valence-electron chi connectivity index (χ1n) is 12.2. The fraction of sp³-hybridized carbons (Fsp3) is 0.481. The number of hydrogen-bond donors (Lipinski definition) is 1. The molecule has 0 aliphatic heterocycles. The largest absolute Gasteiger partial charge is 0.497 e. The summed E-state index contributed by atoms with van der Waals surface area (Å²) >= 11 is 0. The maximum Gasteiger partial charge on any atom is 0.243 e. The number of sulfonamides is 1. The van der Waals surface area contributed by atoms with Crippen molar-refractivity contribution in [2.24, 2.45) is 0 Å². The van der Waals surface area contributed by atoms with Gasteiger partial charge in [-0.2, -0.15) is 0 Å². The Morgan fingerprint density at radius 1 is 1.08 bits per heavy atom. The molecule has 2 aromatic carbocycles. The number of aryl methyl sites for hydroxylation is 1. The third-order valence-electron chi connectivity index (χ3n) is 5.84. The highest BCUT2D eigenvalue weighted by Crippen LogP contribution is 2.23. The third kappa shape index (κ3) is 8.26. The van der Waals surface area contributed by atoms with Crippen LogP contribution < -0.4 is 14.4 Å². The zero-order chi connectivity index (χ0) is 26.9. The maximum absolute atomic E-state index is 13.5. The second-order valence-corrected chi connectivity index (χ2v) is 11.1. The third-order valence-corrected chi connectivity index (χ3v) is 7.02. The van der Waals surface area contributed by atoms with Crippen molar-refractivity contribution in [3.05, 3.63) is 59.7 Å². The number of rotatable bonds is 13. The fourth-order valence-electron chi connectivity index (χ4n) is 4.09. The number of nitrogens with zero attached hydrogens (tertiary/aromatic N) is 2. The minimum atomic E-state index is -3.53. The summed E-state index contributed by atoms with van der Waals surface area (Å²) in [7, 11) is -1.95. The lowest BCUT2D eigenvalue weighted by Gasteiger charge is -2.31. The van der Waals surface area contributed by atoms with Crippen molar-refractivity contribution < 1.29 is 22.7 Å². The van der Waals surface area contributed by atoms with Crippen LogP contribution in [0.15, 0.2) is 48.5 Å². The molecule has 0 aliphatic rings. The van der Waals surface area contributed by atoms with Gasteiger partial charge in [-0.3, -0.25) is 13.9 Å². The van der Waals surface area contributed by atoms with Crippen LogP contribution >= 0.6 is 0 Å². The highest BCUT2D eigenvalue weighted by molar-refractivity contribution is 7.92. The van der Waals surface area contributed by atoms with Crippen molar-refractivity contribution in [1.29, 1.82) is 0 Å². The molecule has 2 amide bonds. The van der Waals surface area contributed by atoms with Crippen molar-refractivity contribution in [1.82, 2.24) is 10.2 Å². The molecular formula is C27H39N3O5S. The summed E-state index contributed by atoms with van der Waals surface area (Å²) in [6.07, 6.45) is 2.04. The quantitative estimate of drug-likeness (QED) is 0.435. The Kier molecular flexibility index (Phi) is 10.8. The van der Waals surface area contributed by atoms with E-state index in [1.165, 1.54) is 10.6 Å². The summed E-state index contributed by atoms with van der Waals surface area (Å²) in [4.78, 5) is 28.0. The summed E-state index contributed by atoms with van der Waals surface area (Å²) < 4.78 is 31.7. The number of anilines is 1. The van der Waals surface area contributed by atoms with Gasteiger partial charge in [0, 0.05) is 25.6 Å². The van der Waals surface area contributed by atoms with Crippen LogP contribution in [-0.2, 0) is 26.2 Å². The predicted octanol–water partition coefficient (Wildman–Crippen LogP) is 3.88. The van der Waals surface area contributed by atoms with Crippen LogP contribution in [0, 0.1) is 6.92 Å². The molecule has 0 unspecified atom stereocenters. The van der Waals surface area contributed by atoms with Crippen LogP contribution in [0.25, 0.3) is 0 Å². The van der Waals surface area contributed by atoms with E-state index in [-0.39, 0.29) is 37.4 Å². The molecule has 198 valence electrons. The fourth-order valence-corrected chi connectivity index (χ4v) is 5.12. The lowest BCUT2D eigenvalue weighted by molar-refractivity contribution is -0.141. The molecule has 1 N–H and O–H groups in total. The van der Waals surface area contributed by atoms with Gasteiger partial charge in [-0.25, -0.2) is 8.42 Å². The molecule has 2 aromatic rings. The Labute approximate surface area is 215 Å². The van der Waals surface area contributed by atoms with Crippen molar-refractivity contribution in [2.45, 2.75) is 65.6 Å². The first-order chi connectivity index (χ1) is 17.0. The van der Waals surface area contributed by atoms with Crippen LogP contribution in [0.1, 0.15) is 51.2 Å². The van der Waals surface area contributed by atoms with Crippen molar-refractivity contribution in [2.75, 3.05) is 24.2 Å². The van der Waals surface area contributed by atoms with E-state index < -0.39 is 16.1 Å². The van der Waals surface area contributed by atoms with Crippen molar-refractivity contribution in [3.8, 4) is 5.75 Å².